The number of fused-ring (bicyclic) bond motifs is 1. The predicted molar refractivity (Wildman–Crippen MR) is 84.1 cm³/mol. The number of benzene rings is 1. The molecule has 0 saturated carbocycles. The van der Waals surface area contributed by atoms with Gasteiger partial charge in [0.05, 0.1) is 0 Å². The fraction of sp³-hybridized carbons (Fsp3) is 0.118. The molecule has 0 aliphatic carbocycles. The molecule has 0 aliphatic heterocycles. The summed E-state index contributed by atoms with van der Waals surface area (Å²) in [5, 5.41) is 3.58. The van der Waals surface area contributed by atoms with Crippen LogP contribution in [-0.2, 0) is 0 Å². The SMILES string of the molecule is Cc1ccc(C(=O)Nc2ccc3c(C)cc(=O)oc3c2)nc1. The van der Waals surface area contributed by atoms with E-state index in [9.17, 15) is 9.59 Å². The maximum atomic E-state index is 12.1. The summed E-state index contributed by atoms with van der Waals surface area (Å²) in [5.74, 6) is -0.311. The van der Waals surface area contributed by atoms with E-state index in [2.05, 4.69) is 10.3 Å². The smallest absolute Gasteiger partial charge is 0.336 e. The van der Waals surface area contributed by atoms with Gasteiger partial charge in [-0.3, -0.25) is 9.78 Å². The second-order valence-corrected chi connectivity index (χ2v) is 5.13. The zero-order valence-corrected chi connectivity index (χ0v) is 12.2. The molecule has 0 bridgehead atoms. The van der Waals surface area contributed by atoms with Crippen molar-refractivity contribution < 1.29 is 9.21 Å². The highest BCUT2D eigenvalue weighted by molar-refractivity contribution is 6.03. The molecular formula is C17H14N2O3. The van der Waals surface area contributed by atoms with Crippen molar-refractivity contribution in [1.29, 1.82) is 0 Å². The molecule has 3 aromatic rings. The lowest BCUT2D eigenvalue weighted by Crippen LogP contribution is -2.13. The molecule has 1 amide bonds. The Balaban J connectivity index is 1.92. The summed E-state index contributed by atoms with van der Waals surface area (Å²) < 4.78 is 5.16. The third-order valence-corrected chi connectivity index (χ3v) is 3.35. The van der Waals surface area contributed by atoms with Gasteiger partial charge in [0, 0.05) is 29.4 Å². The lowest BCUT2D eigenvalue weighted by molar-refractivity contribution is 0.102. The molecule has 1 aromatic carbocycles. The van der Waals surface area contributed by atoms with E-state index >= 15 is 0 Å². The summed E-state index contributed by atoms with van der Waals surface area (Å²) in [7, 11) is 0. The standard InChI is InChI=1S/C17H14N2O3/c1-10-3-6-14(18-9-10)17(21)19-12-4-5-13-11(2)7-16(20)22-15(13)8-12/h3-9H,1-2H3,(H,19,21). The van der Waals surface area contributed by atoms with Crippen molar-refractivity contribution >= 4 is 22.6 Å². The van der Waals surface area contributed by atoms with E-state index in [0.29, 0.717) is 17.0 Å². The number of hydrogen-bond donors (Lipinski definition) is 1. The number of aromatic nitrogens is 1. The van der Waals surface area contributed by atoms with E-state index in [4.69, 9.17) is 4.42 Å². The molecule has 1 N–H and O–H groups in total. The van der Waals surface area contributed by atoms with E-state index < -0.39 is 5.63 Å². The summed E-state index contributed by atoms with van der Waals surface area (Å²) in [6, 6.07) is 10.1. The van der Waals surface area contributed by atoms with Crippen molar-refractivity contribution in [2.45, 2.75) is 13.8 Å². The van der Waals surface area contributed by atoms with Crippen LogP contribution in [0.15, 0.2) is 51.8 Å². The van der Waals surface area contributed by atoms with Crippen molar-refractivity contribution in [1.82, 2.24) is 4.98 Å². The molecule has 0 radical (unpaired) electrons. The topological polar surface area (TPSA) is 72.2 Å². The van der Waals surface area contributed by atoms with Crippen molar-refractivity contribution in [3.63, 3.8) is 0 Å². The van der Waals surface area contributed by atoms with Crippen LogP contribution in [0.2, 0.25) is 0 Å². The molecule has 0 aliphatic rings. The molecule has 3 rings (SSSR count). The van der Waals surface area contributed by atoms with E-state index in [1.54, 1.807) is 24.4 Å². The van der Waals surface area contributed by atoms with Crippen LogP contribution >= 0.6 is 0 Å². The van der Waals surface area contributed by atoms with Gasteiger partial charge in [0.2, 0.25) is 0 Å². The highest BCUT2D eigenvalue weighted by Gasteiger charge is 2.09. The van der Waals surface area contributed by atoms with E-state index in [0.717, 1.165) is 16.5 Å². The lowest BCUT2D eigenvalue weighted by Gasteiger charge is -2.06. The van der Waals surface area contributed by atoms with Crippen LogP contribution in [0.25, 0.3) is 11.0 Å². The van der Waals surface area contributed by atoms with Gasteiger partial charge < -0.3 is 9.73 Å². The summed E-state index contributed by atoms with van der Waals surface area (Å²) in [6.07, 6.45) is 1.64. The average molecular weight is 294 g/mol. The van der Waals surface area contributed by atoms with Crippen LogP contribution in [-0.4, -0.2) is 10.9 Å². The van der Waals surface area contributed by atoms with Crippen molar-refractivity contribution in [2.24, 2.45) is 0 Å². The van der Waals surface area contributed by atoms with Gasteiger partial charge in [-0.05, 0) is 43.2 Å². The summed E-state index contributed by atoms with van der Waals surface area (Å²) in [5.41, 5.74) is 2.74. The van der Waals surface area contributed by atoms with Gasteiger partial charge in [-0.15, -0.1) is 0 Å². The number of nitrogens with zero attached hydrogens (tertiary/aromatic N) is 1. The highest BCUT2D eigenvalue weighted by Crippen LogP contribution is 2.21. The molecule has 0 spiro atoms. The Hall–Kier alpha value is -2.95. The Morgan fingerprint density at radius 2 is 1.95 bits per heavy atom. The van der Waals surface area contributed by atoms with Crippen LogP contribution < -0.4 is 10.9 Å². The van der Waals surface area contributed by atoms with E-state index in [1.165, 1.54) is 6.07 Å². The van der Waals surface area contributed by atoms with E-state index in [1.807, 2.05) is 26.0 Å². The lowest BCUT2D eigenvalue weighted by atomic mass is 10.1. The molecule has 5 heteroatoms. The van der Waals surface area contributed by atoms with Gasteiger partial charge in [-0.1, -0.05) is 6.07 Å². The molecule has 110 valence electrons. The zero-order chi connectivity index (χ0) is 15.7. The number of anilines is 1. The predicted octanol–water partition coefficient (Wildman–Crippen LogP) is 3.06. The van der Waals surface area contributed by atoms with Gasteiger partial charge >= 0.3 is 5.63 Å². The third kappa shape index (κ3) is 2.74. The second-order valence-electron chi connectivity index (χ2n) is 5.13. The Morgan fingerprint density at radius 3 is 2.68 bits per heavy atom. The summed E-state index contributed by atoms with van der Waals surface area (Å²) in [4.78, 5) is 27.6. The zero-order valence-electron chi connectivity index (χ0n) is 12.2. The number of hydrogen-bond acceptors (Lipinski definition) is 4. The number of aryl methyl sites for hydroxylation is 2. The van der Waals surface area contributed by atoms with Gasteiger partial charge in [-0.25, -0.2) is 4.79 Å². The van der Waals surface area contributed by atoms with Crippen molar-refractivity contribution in [3.8, 4) is 0 Å². The molecule has 0 saturated heterocycles. The maximum Gasteiger partial charge on any atom is 0.336 e. The monoisotopic (exact) mass is 294 g/mol. The Bertz CT molecular complexity index is 911. The van der Waals surface area contributed by atoms with Gasteiger partial charge in [-0.2, -0.15) is 0 Å². The fourth-order valence-corrected chi connectivity index (χ4v) is 2.20. The molecule has 5 nitrogen and oxygen atoms in total. The molecule has 2 aromatic heterocycles. The first-order valence-corrected chi connectivity index (χ1v) is 6.81. The third-order valence-electron chi connectivity index (χ3n) is 3.35. The van der Waals surface area contributed by atoms with Crippen molar-refractivity contribution in [3.05, 3.63) is 69.8 Å². The normalized spacial score (nSPS) is 10.6. The molecule has 0 atom stereocenters. The molecule has 22 heavy (non-hydrogen) atoms. The number of carbonyl (C=O) groups excluding carboxylic acids is 1. The Labute approximate surface area is 126 Å². The Morgan fingerprint density at radius 1 is 1.14 bits per heavy atom. The number of carbonyl (C=O) groups is 1. The fourth-order valence-electron chi connectivity index (χ4n) is 2.20. The highest BCUT2D eigenvalue weighted by atomic mass is 16.4. The first kappa shape index (κ1) is 14.0. The van der Waals surface area contributed by atoms with Crippen LogP contribution in [0, 0.1) is 13.8 Å². The van der Waals surface area contributed by atoms with E-state index in [-0.39, 0.29) is 5.91 Å². The minimum Gasteiger partial charge on any atom is -0.423 e. The van der Waals surface area contributed by atoms with Crippen LogP contribution in [0.4, 0.5) is 5.69 Å². The van der Waals surface area contributed by atoms with Crippen LogP contribution in [0.3, 0.4) is 0 Å². The molecule has 0 fully saturated rings. The van der Waals surface area contributed by atoms with Crippen LogP contribution in [0.1, 0.15) is 21.6 Å². The number of pyridine rings is 1. The van der Waals surface area contributed by atoms with Gasteiger partial charge in [0.25, 0.3) is 5.91 Å². The molecular weight excluding hydrogens is 280 g/mol. The van der Waals surface area contributed by atoms with Gasteiger partial charge in [0.1, 0.15) is 11.3 Å². The largest absolute Gasteiger partial charge is 0.423 e. The molecule has 2 heterocycles. The molecule has 0 unspecified atom stereocenters. The minimum absolute atomic E-state index is 0.311. The second kappa shape index (κ2) is 5.44. The first-order valence-electron chi connectivity index (χ1n) is 6.81. The summed E-state index contributed by atoms with van der Waals surface area (Å²) in [6.45, 7) is 3.75. The average Bonchev–Trinajstić information content (AvgIpc) is 2.47. The van der Waals surface area contributed by atoms with Gasteiger partial charge in [0.15, 0.2) is 0 Å². The Kier molecular flexibility index (Phi) is 3.47. The minimum atomic E-state index is -0.409. The number of rotatable bonds is 2. The summed E-state index contributed by atoms with van der Waals surface area (Å²) >= 11 is 0. The number of amides is 1. The quantitative estimate of drug-likeness (QED) is 0.737. The van der Waals surface area contributed by atoms with Crippen molar-refractivity contribution in [2.75, 3.05) is 5.32 Å². The van der Waals surface area contributed by atoms with Crippen LogP contribution in [0.5, 0.6) is 0 Å². The maximum absolute atomic E-state index is 12.1. The number of nitrogens with one attached hydrogen (secondary N) is 1. The first-order chi connectivity index (χ1) is 10.5.